The van der Waals surface area contributed by atoms with Gasteiger partial charge in [0.25, 0.3) is 0 Å². The minimum atomic E-state index is 0.685. The summed E-state index contributed by atoms with van der Waals surface area (Å²) in [5.74, 6) is 1.66. The molecule has 0 amide bonds. The lowest BCUT2D eigenvalue weighted by Crippen LogP contribution is -2.20. The number of nitrogens with one attached hydrogen (secondary N) is 1. The highest BCUT2D eigenvalue weighted by atomic mass is 16.5. The maximum atomic E-state index is 5.71. The van der Waals surface area contributed by atoms with Crippen LogP contribution in [0.25, 0.3) is 0 Å². The molecule has 0 saturated carbocycles. The summed E-state index contributed by atoms with van der Waals surface area (Å²) in [4.78, 5) is 2.29. The van der Waals surface area contributed by atoms with Gasteiger partial charge in [-0.05, 0) is 42.7 Å². The zero-order valence-corrected chi connectivity index (χ0v) is 13.8. The number of benzene rings is 2. The Morgan fingerprint density at radius 3 is 2.83 bits per heavy atom. The number of fused-ring (bicyclic) bond motifs is 1. The Bertz CT molecular complexity index is 626. The van der Waals surface area contributed by atoms with Crippen molar-refractivity contribution in [2.75, 3.05) is 44.1 Å². The fraction of sp³-hybridized carbons (Fsp3) is 0.368. The number of hydrogen-bond donors (Lipinski definition) is 1. The van der Waals surface area contributed by atoms with E-state index in [9.17, 15) is 0 Å². The summed E-state index contributed by atoms with van der Waals surface area (Å²) in [5.41, 5.74) is 3.58. The Labute approximate surface area is 138 Å². The monoisotopic (exact) mass is 312 g/mol. The summed E-state index contributed by atoms with van der Waals surface area (Å²) in [6.07, 6.45) is 2.11. The maximum Gasteiger partial charge on any atom is 0.184 e. The highest BCUT2D eigenvalue weighted by Crippen LogP contribution is 2.38. The molecule has 0 unspecified atom stereocenters. The van der Waals surface area contributed by atoms with E-state index in [1.54, 1.807) is 7.11 Å². The van der Waals surface area contributed by atoms with Gasteiger partial charge in [-0.3, -0.25) is 0 Å². The lowest BCUT2D eigenvalue weighted by molar-refractivity contribution is 0.298. The molecule has 2 aromatic rings. The van der Waals surface area contributed by atoms with Crippen LogP contribution in [-0.4, -0.2) is 33.9 Å². The number of methoxy groups -OCH3 is 1. The molecule has 3 rings (SSSR count). The Balaban J connectivity index is 1.62. The summed E-state index contributed by atoms with van der Waals surface area (Å²) in [5, 5.41) is 3.39. The number of para-hydroxylation sites is 1. The van der Waals surface area contributed by atoms with Crippen LogP contribution in [0.15, 0.2) is 42.5 Å². The van der Waals surface area contributed by atoms with Crippen molar-refractivity contribution in [3.63, 3.8) is 0 Å². The van der Waals surface area contributed by atoms with E-state index < -0.39 is 0 Å². The van der Waals surface area contributed by atoms with Gasteiger partial charge in [0.15, 0.2) is 11.5 Å². The minimum Gasteiger partial charge on any atom is -0.493 e. The Morgan fingerprint density at radius 1 is 1.22 bits per heavy atom. The first-order chi connectivity index (χ1) is 11.3. The zero-order chi connectivity index (χ0) is 16.1. The van der Waals surface area contributed by atoms with Crippen LogP contribution in [0.2, 0.25) is 0 Å². The molecule has 2 aromatic carbocycles. The molecule has 1 aliphatic rings. The molecule has 0 aliphatic carbocycles. The molecule has 23 heavy (non-hydrogen) atoms. The predicted molar refractivity (Wildman–Crippen MR) is 95.0 cm³/mol. The maximum absolute atomic E-state index is 5.71. The lowest BCUT2D eigenvalue weighted by atomic mass is 10.1. The second-order valence-electron chi connectivity index (χ2n) is 5.81. The van der Waals surface area contributed by atoms with Crippen LogP contribution >= 0.6 is 0 Å². The van der Waals surface area contributed by atoms with Crippen molar-refractivity contribution in [1.29, 1.82) is 0 Å². The third-order valence-electron chi connectivity index (χ3n) is 4.15. The van der Waals surface area contributed by atoms with E-state index >= 15 is 0 Å². The van der Waals surface area contributed by atoms with E-state index in [4.69, 9.17) is 9.47 Å². The van der Waals surface area contributed by atoms with Gasteiger partial charge in [0.05, 0.1) is 12.8 Å². The smallest absolute Gasteiger partial charge is 0.184 e. The third kappa shape index (κ3) is 3.70. The van der Waals surface area contributed by atoms with Crippen LogP contribution in [0.1, 0.15) is 12.0 Å². The molecule has 0 saturated heterocycles. The SMILES string of the molecule is COc1cc(CCCN(C)c2ccccc2)cc2c1OCCN2. The van der Waals surface area contributed by atoms with Crippen molar-refractivity contribution < 1.29 is 9.47 Å². The number of nitrogens with zero attached hydrogens (tertiary/aromatic N) is 1. The van der Waals surface area contributed by atoms with Crippen LogP contribution in [0.4, 0.5) is 11.4 Å². The van der Waals surface area contributed by atoms with Crippen molar-refractivity contribution in [3.8, 4) is 11.5 Å². The third-order valence-corrected chi connectivity index (χ3v) is 4.15. The van der Waals surface area contributed by atoms with E-state index in [1.165, 1.54) is 11.3 Å². The molecule has 1 heterocycles. The van der Waals surface area contributed by atoms with Crippen molar-refractivity contribution in [1.82, 2.24) is 0 Å². The van der Waals surface area contributed by atoms with Gasteiger partial charge in [0.1, 0.15) is 6.61 Å². The summed E-state index contributed by atoms with van der Waals surface area (Å²) < 4.78 is 11.2. The van der Waals surface area contributed by atoms with Crippen LogP contribution in [-0.2, 0) is 6.42 Å². The fourth-order valence-electron chi connectivity index (χ4n) is 2.91. The van der Waals surface area contributed by atoms with Crippen molar-refractivity contribution in [2.45, 2.75) is 12.8 Å². The summed E-state index contributed by atoms with van der Waals surface area (Å²) in [6.45, 7) is 2.55. The van der Waals surface area contributed by atoms with Gasteiger partial charge in [-0.15, -0.1) is 0 Å². The predicted octanol–water partition coefficient (Wildman–Crippen LogP) is 3.57. The van der Waals surface area contributed by atoms with Gasteiger partial charge < -0.3 is 19.7 Å². The second-order valence-corrected chi connectivity index (χ2v) is 5.81. The topological polar surface area (TPSA) is 33.7 Å². The first-order valence-electron chi connectivity index (χ1n) is 8.11. The molecule has 0 radical (unpaired) electrons. The average molecular weight is 312 g/mol. The molecule has 0 aromatic heterocycles. The zero-order valence-electron chi connectivity index (χ0n) is 13.8. The van der Waals surface area contributed by atoms with Crippen LogP contribution < -0.4 is 19.7 Å². The number of hydrogen-bond acceptors (Lipinski definition) is 4. The summed E-state index contributed by atoms with van der Waals surface area (Å²) >= 11 is 0. The van der Waals surface area contributed by atoms with Gasteiger partial charge in [-0.25, -0.2) is 0 Å². The van der Waals surface area contributed by atoms with Gasteiger partial charge in [0, 0.05) is 25.8 Å². The molecule has 122 valence electrons. The van der Waals surface area contributed by atoms with Gasteiger partial charge in [-0.2, -0.15) is 0 Å². The number of aryl methyl sites for hydroxylation is 1. The quantitative estimate of drug-likeness (QED) is 0.884. The number of ether oxygens (including phenoxy) is 2. The van der Waals surface area contributed by atoms with E-state index in [0.717, 1.165) is 43.1 Å². The van der Waals surface area contributed by atoms with Crippen molar-refractivity contribution in [3.05, 3.63) is 48.0 Å². The fourth-order valence-corrected chi connectivity index (χ4v) is 2.91. The first kappa shape index (κ1) is 15.5. The Kier molecular flexibility index (Phi) is 4.91. The van der Waals surface area contributed by atoms with Crippen LogP contribution in [0.5, 0.6) is 11.5 Å². The van der Waals surface area contributed by atoms with Crippen LogP contribution in [0.3, 0.4) is 0 Å². The van der Waals surface area contributed by atoms with Crippen molar-refractivity contribution >= 4 is 11.4 Å². The minimum absolute atomic E-state index is 0.685. The number of rotatable bonds is 6. The van der Waals surface area contributed by atoms with Gasteiger partial charge in [0.2, 0.25) is 0 Å². The Morgan fingerprint density at radius 2 is 2.04 bits per heavy atom. The standard InChI is InChI=1S/C19H24N2O2/c1-21(16-8-4-3-5-9-16)11-6-7-15-13-17-19(18(14-15)22-2)23-12-10-20-17/h3-5,8-9,13-14,20H,6-7,10-12H2,1-2H3. The summed E-state index contributed by atoms with van der Waals surface area (Å²) in [7, 11) is 3.83. The van der Waals surface area contributed by atoms with E-state index in [0.29, 0.717) is 6.61 Å². The normalized spacial score (nSPS) is 12.8. The lowest BCUT2D eigenvalue weighted by Gasteiger charge is -2.23. The highest BCUT2D eigenvalue weighted by molar-refractivity contribution is 5.66. The van der Waals surface area contributed by atoms with E-state index in [-0.39, 0.29) is 0 Å². The number of anilines is 2. The molecule has 1 aliphatic heterocycles. The molecule has 0 spiro atoms. The van der Waals surface area contributed by atoms with Crippen molar-refractivity contribution in [2.24, 2.45) is 0 Å². The van der Waals surface area contributed by atoms with Crippen LogP contribution in [0, 0.1) is 0 Å². The van der Waals surface area contributed by atoms with E-state index in [1.807, 2.05) is 6.07 Å². The highest BCUT2D eigenvalue weighted by Gasteiger charge is 2.16. The molecule has 0 atom stereocenters. The van der Waals surface area contributed by atoms with Gasteiger partial charge in [-0.1, -0.05) is 18.2 Å². The Hall–Kier alpha value is -2.36. The van der Waals surface area contributed by atoms with E-state index in [2.05, 4.69) is 53.7 Å². The molecule has 0 fully saturated rings. The second kappa shape index (κ2) is 7.27. The average Bonchev–Trinajstić information content (AvgIpc) is 2.61. The van der Waals surface area contributed by atoms with Gasteiger partial charge >= 0.3 is 0 Å². The molecule has 1 N–H and O–H groups in total. The summed E-state index contributed by atoms with van der Waals surface area (Å²) in [6, 6.07) is 14.8. The largest absolute Gasteiger partial charge is 0.493 e. The molecule has 4 heteroatoms. The molecule has 0 bridgehead atoms. The molecular weight excluding hydrogens is 288 g/mol. The molecular formula is C19H24N2O2. The molecule has 4 nitrogen and oxygen atoms in total. The first-order valence-corrected chi connectivity index (χ1v) is 8.11.